The lowest BCUT2D eigenvalue weighted by Gasteiger charge is -2.16. The number of aliphatic hydroxyl groups is 2. The highest BCUT2D eigenvalue weighted by Gasteiger charge is 2.28. The second-order valence-electron chi connectivity index (χ2n) is 4.78. The summed E-state index contributed by atoms with van der Waals surface area (Å²) in [6, 6.07) is 13.9. The van der Waals surface area contributed by atoms with Crippen LogP contribution in [0.25, 0.3) is 0 Å². The summed E-state index contributed by atoms with van der Waals surface area (Å²) in [7, 11) is 0. The molecule has 0 heterocycles. The largest absolute Gasteiger partial charge is 0.394 e. The molecule has 0 saturated carbocycles. The van der Waals surface area contributed by atoms with Crippen LogP contribution >= 0.6 is 0 Å². The fourth-order valence-corrected chi connectivity index (χ4v) is 2.05. The minimum atomic E-state index is -0.560. The van der Waals surface area contributed by atoms with Gasteiger partial charge in [0.25, 0.3) is 0 Å². The summed E-state index contributed by atoms with van der Waals surface area (Å²) in [6.07, 6.45) is -0.560. The summed E-state index contributed by atoms with van der Waals surface area (Å²) in [5.74, 6) is -0.128. The third-order valence-electron chi connectivity index (χ3n) is 3.10. The predicted octanol–water partition coefficient (Wildman–Crippen LogP) is 1.82. The third kappa shape index (κ3) is 3.07. The number of fused-ring (bicyclic) bond motifs is 2. The van der Waals surface area contributed by atoms with Gasteiger partial charge in [-0.25, -0.2) is 0 Å². The highest BCUT2D eigenvalue weighted by Crippen LogP contribution is 2.26. The van der Waals surface area contributed by atoms with E-state index in [9.17, 15) is 9.59 Å². The van der Waals surface area contributed by atoms with Crippen molar-refractivity contribution < 1.29 is 19.8 Å². The summed E-state index contributed by atoms with van der Waals surface area (Å²) in [5.41, 5.74) is 2.02. The molecule has 1 unspecified atom stereocenters. The smallest absolute Gasteiger partial charge is 0.194 e. The molecule has 1 atom stereocenters. The van der Waals surface area contributed by atoms with Crippen molar-refractivity contribution >= 4 is 11.6 Å². The number of hydrogen-bond acceptors (Lipinski definition) is 4. The van der Waals surface area contributed by atoms with Gasteiger partial charge in [0.1, 0.15) is 0 Å². The molecule has 0 saturated heterocycles. The van der Waals surface area contributed by atoms with Crippen LogP contribution in [-0.4, -0.2) is 34.5 Å². The highest BCUT2D eigenvalue weighted by atomic mass is 16.3. The first kappa shape index (κ1) is 15.1. The van der Waals surface area contributed by atoms with E-state index in [0.29, 0.717) is 22.3 Å². The van der Waals surface area contributed by atoms with E-state index in [0.717, 1.165) is 0 Å². The fraction of sp³-hybridized carbons (Fsp3) is 0.176. The van der Waals surface area contributed by atoms with Gasteiger partial charge < -0.3 is 10.2 Å². The molecule has 2 aromatic rings. The van der Waals surface area contributed by atoms with Gasteiger partial charge in [0.2, 0.25) is 0 Å². The molecule has 3 rings (SSSR count). The first-order valence-electron chi connectivity index (χ1n) is 6.62. The molecule has 0 amide bonds. The molecular weight excluding hydrogens is 268 g/mol. The SMILES string of the molecule is CC(O)CO.O=C1c2ccccc2C(=O)c2ccccc21. The van der Waals surface area contributed by atoms with Gasteiger partial charge in [0.05, 0.1) is 12.7 Å². The van der Waals surface area contributed by atoms with Crippen LogP contribution in [0.4, 0.5) is 0 Å². The van der Waals surface area contributed by atoms with E-state index in [1.165, 1.54) is 6.92 Å². The standard InChI is InChI=1S/C14H8O2.C3H8O2/c15-13-9-5-1-2-6-10(9)14(16)12-8-4-3-7-11(12)13;1-3(5)2-4/h1-8H;3-5H,2H2,1H3. The third-order valence-corrected chi connectivity index (χ3v) is 3.10. The molecule has 4 heteroatoms. The molecule has 0 aromatic heterocycles. The molecule has 1 aliphatic rings. The average Bonchev–Trinajstić information content (AvgIpc) is 2.53. The zero-order valence-corrected chi connectivity index (χ0v) is 11.6. The van der Waals surface area contributed by atoms with Gasteiger partial charge in [0, 0.05) is 22.3 Å². The zero-order valence-electron chi connectivity index (χ0n) is 11.6. The van der Waals surface area contributed by atoms with E-state index in [4.69, 9.17) is 10.2 Å². The minimum absolute atomic E-state index is 0.0641. The first-order chi connectivity index (χ1) is 10.1. The molecule has 0 aliphatic heterocycles. The predicted molar refractivity (Wildman–Crippen MR) is 78.5 cm³/mol. The Labute approximate surface area is 122 Å². The van der Waals surface area contributed by atoms with Gasteiger partial charge in [0.15, 0.2) is 11.6 Å². The lowest BCUT2D eigenvalue weighted by Crippen LogP contribution is -2.20. The van der Waals surface area contributed by atoms with Gasteiger partial charge in [-0.3, -0.25) is 9.59 Å². The number of aliphatic hydroxyl groups excluding tert-OH is 2. The number of carbonyl (C=O) groups excluding carboxylic acids is 2. The fourth-order valence-electron chi connectivity index (χ4n) is 2.05. The quantitative estimate of drug-likeness (QED) is 0.715. The lowest BCUT2D eigenvalue weighted by molar-refractivity contribution is 0.0979. The molecule has 108 valence electrons. The Morgan fingerprint density at radius 2 is 1.05 bits per heavy atom. The number of hydrogen-bond donors (Lipinski definition) is 2. The maximum absolute atomic E-state index is 12.1. The van der Waals surface area contributed by atoms with E-state index >= 15 is 0 Å². The molecule has 0 bridgehead atoms. The second kappa shape index (κ2) is 6.43. The lowest BCUT2D eigenvalue weighted by atomic mass is 9.84. The number of ketones is 2. The molecule has 2 aromatic carbocycles. The molecule has 0 radical (unpaired) electrons. The van der Waals surface area contributed by atoms with Crippen molar-refractivity contribution in [2.75, 3.05) is 6.61 Å². The van der Waals surface area contributed by atoms with Crippen LogP contribution in [0.15, 0.2) is 48.5 Å². The van der Waals surface area contributed by atoms with Gasteiger partial charge >= 0.3 is 0 Å². The topological polar surface area (TPSA) is 74.6 Å². The van der Waals surface area contributed by atoms with Crippen LogP contribution in [-0.2, 0) is 0 Å². The Hall–Kier alpha value is -2.30. The van der Waals surface area contributed by atoms with Crippen molar-refractivity contribution in [2.45, 2.75) is 13.0 Å². The maximum Gasteiger partial charge on any atom is 0.194 e. The van der Waals surface area contributed by atoms with Crippen molar-refractivity contribution in [3.63, 3.8) is 0 Å². The van der Waals surface area contributed by atoms with Gasteiger partial charge in [-0.15, -0.1) is 0 Å². The molecule has 2 N–H and O–H groups in total. The van der Waals surface area contributed by atoms with Gasteiger partial charge in [-0.1, -0.05) is 48.5 Å². The van der Waals surface area contributed by atoms with Crippen molar-refractivity contribution in [3.8, 4) is 0 Å². The summed E-state index contributed by atoms with van der Waals surface area (Å²) in [5, 5.41) is 16.0. The van der Waals surface area contributed by atoms with Crippen LogP contribution in [0.1, 0.15) is 38.8 Å². The van der Waals surface area contributed by atoms with Crippen LogP contribution in [0.3, 0.4) is 0 Å². The minimum Gasteiger partial charge on any atom is -0.394 e. The van der Waals surface area contributed by atoms with Crippen molar-refractivity contribution in [1.29, 1.82) is 0 Å². The Kier molecular flexibility index (Phi) is 4.62. The Balaban J connectivity index is 0.000000282. The monoisotopic (exact) mass is 284 g/mol. The maximum atomic E-state index is 12.1. The van der Waals surface area contributed by atoms with E-state index in [1.54, 1.807) is 48.5 Å². The van der Waals surface area contributed by atoms with E-state index in [2.05, 4.69) is 0 Å². The van der Waals surface area contributed by atoms with E-state index in [-0.39, 0.29) is 18.2 Å². The average molecular weight is 284 g/mol. The van der Waals surface area contributed by atoms with Crippen LogP contribution in [0, 0.1) is 0 Å². The zero-order chi connectivity index (χ0) is 15.4. The Morgan fingerprint density at radius 3 is 1.24 bits per heavy atom. The summed E-state index contributed by atoms with van der Waals surface area (Å²) in [6.45, 7) is 1.39. The second-order valence-corrected chi connectivity index (χ2v) is 4.78. The number of rotatable bonds is 1. The van der Waals surface area contributed by atoms with Crippen molar-refractivity contribution in [2.24, 2.45) is 0 Å². The summed E-state index contributed by atoms with van der Waals surface area (Å²) >= 11 is 0. The highest BCUT2D eigenvalue weighted by molar-refractivity contribution is 6.28. The van der Waals surface area contributed by atoms with Crippen LogP contribution in [0.5, 0.6) is 0 Å². The Morgan fingerprint density at radius 1 is 0.810 bits per heavy atom. The van der Waals surface area contributed by atoms with Gasteiger partial charge in [-0.2, -0.15) is 0 Å². The van der Waals surface area contributed by atoms with Crippen LogP contribution < -0.4 is 0 Å². The van der Waals surface area contributed by atoms with Crippen LogP contribution in [0.2, 0.25) is 0 Å². The molecule has 1 aliphatic carbocycles. The van der Waals surface area contributed by atoms with E-state index in [1.807, 2.05) is 0 Å². The first-order valence-corrected chi connectivity index (χ1v) is 6.62. The molecule has 0 fully saturated rings. The van der Waals surface area contributed by atoms with Crippen molar-refractivity contribution in [3.05, 3.63) is 70.8 Å². The normalized spacial score (nSPS) is 13.7. The summed E-state index contributed by atoms with van der Waals surface area (Å²) < 4.78 is 0. The molecular formula is C17H16O4. The van der Waals surface area contributed by atoms with E-state index < -0.39 is 6.10 Å². The molecule has 0 spiro atoms. The van der Waals surface area contributed by atoms with Gasteiger partial charge in [-0.05, 0) is 6.92 Å². The summed E-state index contributed by atoms with van der Waals surface area (Å²) in [4.78, 5) is 24.2. The van der Waals surface area contributed by atoms with Crippen molar-refractivity contribution in [1.82, 2.24) is 0 Å². The number of carbonyl (C=O) groups is 2. The molecule has 4 nitrogen and oxygen atoms in total. The number of benzene rings is 2. The Bertz CT molecular complexity index is 568. The molecule has 21 heavy (non-hydrogen) atoms.